The van der Waals surface area contributed by atoms with Gasteiger partial charge in [-0.25, -0.2) is 0 Å². The molecule has 1 aromatic heterocycles. The Balaban J connectivity index is 1.91. The van der Waals surface area contributed by atoms with E-state index in [1.807, 2.05) is 24.0 Å². The Morgan fingerprint density at radius 1 is 1.41 bits per heavy atom. The summed E-state index contributed by atoms with van der Waals surface area (Å²) in [6.07, 6.45) is 3.70. The maximum atomic E-state index is 4.55. The normalized spacial score (nSPS) is 21.4. The van der Waals surface area contributed by atoms with Gasteiger partial charge in [0.1, 0.15) is 0 Å². The smallest absolute Gasteiger partial charge is 0.157 e. The van der Waals surface area contributed by atoms with E-state index in [0.29, 0.717) is 11.2 Å². The molecule has 1 aliphatic rings. The van der Waals surface area contributed by atoms with Crippen LogP contribution in [0.4, 0.5) is 0 Å². The summed E-state index contributed by atoms with van der Waals surface area (Å²) in [7, 11) is 0. The van der Waals surface area contributed by atoms with E-state index in [9.17, 15) is 0 Å². The molecular weight excluding hydrogens is 230 g/mol. The fraction of sp³-hybridized carbons (Fsp3) is 0.538. The van der Waals surface area contributed by atoms with Crippen molar-refractivity contribution in [2.45, 2.75) is 32.1 Å². The Morgan fingerprint density at radius 2 is 2.24 bits per heavy atom. The van der Waals surface area contributed by atoms with Crippen LogP contribution in [-0.2, 0) is 0 Å². The molecule has 2 unspecified atom stereocenters. The number of rotatable bonds is 3. The van der Waals surface area contributed by atoms with Crippen molar-refractivity contribution in [2.24, 2.45) is 10.9 Å². The predicted octanol–water partition coefficient (Wildman–Crippen LogP) is 2.86. The Bertz CT molecular complexity index is 389. The van der Waals surface area contributed by atoms with Crippen LogP contribution in [0.2, 0.25) is 0 Å². The van der Waals surface area contributed by atoms with Crippen LogP contribution in [0.1, 0.15) is 32.4 Å². The molecule has 0 saturated heterocycles. The average molecular weight is 249 g/mol. The Morgan fingerprint density at radius 3 is 2.82 bits per heavy atom. The fourth-order valence-corrected chi connectivity index (χ4v) is 2.82. The minimum Gasteiger partial charge on any atom is -0.358 e. The zero-order chi connectivity index (χ0) is 12.3. The van der Waals surface area contributed by atoms with Gasteiger partial charge in [0.05, 0.1) is 12.6 Å². The lowest BCUT2D eigenvalue weighted by Gasteiger charge is -2.16. The van der Waals surface area contributed by atoms with Crippen LogP contribution in [0.15, 0.2) is 29.5 Å². The topological polar surface area (TPSA) is 37.3 Å². The monoisotopic (exact) mass is 249 g/mol. The molecular formula is C13H19N3S. The fourth-order valence-electron chi connectivity index (χ4n) is 1.72. The Hall–Kier alpha value is -1.03. The summed E-state index contributed by atoms with van der Waals surface area (Å²) in [6.45, 7) is 7.58. The third kappa shape index (κ3) is 3.22. The quantitative estimate of drug-likeness (QED) is 0.895. The van der Waals surface area contributed by atoms with Gasteiger partial charge in [-0.05, 0) is 24.5 Å². The third-order valence-electron chi connectivity index (χ3n) is 2.95. The Kier molecular flexibility index (Phi) is 4.05. The molecule has 2 rings (SSSR count). The van der Waals surface area contributed by atoms with Crippen molar-refractivity contribution in [3.05, 3.63) is 30.1 Å². The summed E-state index contributed by atoms with van der Waals surface area (Å²) < 4.78 is 0. The number of hydrogen-bond donors (Lipinski definition) is 1. The Labute approximate surface area is 107 Å². The number of aromatic nitrogens is 1. The number of nitrogens with one attached hydrogen (secondary N) is 1. The molecule has 0 bridgehead atoms. The van der Waals surface area contributed by atoms with Crippen LogP contribution in [0.25, 0.3) is 0 Å². The lowest BCUT2D eigenvalue weighted by molar-refractivity contribution is 0.620. The minimum atomic E-state index is 0.265. The van der Waals surface area contributed by atoms with Gasteiger partial charge in [0.15, 0.2) is 5.17 Å². The second-order valence-corrected chi connectivity index (χ2v) is 5.93. The van der Waals surface area contributed by atoms with Crippen LogP contribution < -0.4 is 5.32 Å². The van der Waals surface area contributed by atoms with Crippen LogP contribution in [0.5, 0.6) is 0 Å². The largest absolute Gasteiger partial charge is 0.358 e. The molecule has 0 amide bonds. The minimum absolute atomic E-state index is 0.265. The van der Waals surface area contributed by atoms with E-state index in [4.69, 9.17) is 0 Å². The first-order valence-corrected chi connectivity index (χ1v) is 6.92. The van der Waals surface area contributed by atoms with Crippen molar-refractivity contribution in [1.29, 1.82) is 0 Å². The number of pyridine rings is 1. The number of amidine groups is 1. The molecule has 92 valence electrons. The van der Waals surface area contributed by atoms with Crippen molar-refractivity contribution < 1.29 is 0 Å². The molecule has 0 aromatic carbocycles. The average Bonchev–Trinajstić information content (AvgIpc) is 2.79. The summed E-state index contributed by atoms with van der Waals surface area (Å²) in [5, 5.41) is 5.15. The second-order valence-electron chi connectivity index (χ2n) is 4.70. The van der Waals surface area contributed by atoms with Crippen molar-refractivity contribution in [3.63, 3.8) is 0 Å². The van der Waals surface area contributed by atoms with Gasteiger partial charge >= 0.3 is 0 Å². The summed E-state index contributed by atoms with van der Waals surface area (Å²) in [5.41, 5.74) is 1.20. The molecule has 1 N–H and O–H groups in total. The molecule has 0 fully saturated rings. The van der Waals surface area contributed by atoms with Gasteiger partial charge in [-0.15, -0.1) is 0 Å². The summed E-state index contributed by atoms with van der Waals surface area (Å²) >= 11 is 1.86. The van der Waals surface area contributed by atoms with E-state index in [0.717, 1.165) is 11.7 Å². The van der Waals surface area contributed by atoms with Crippen LogP contribution in [0, 0.1) is 5.92 Å². The lowest BCUT2D eigenvalue weighted by Crippen LogP contribution is -2.24. The van der Waals surface area contributed by atoms with Gasteiger partial charge in [0.2, 0.25) is 0 Å². The highest BCUT2D eigenvalue weighted by Crippen LogP contribution is 2.27. The number of thioether (sulfide) groups is 1. The molecule has 17 heavy (non-hydrogen) atoms. The van der Waals surface area contributed by atoms with E-state index in [1.54, 1.807) is 6.20 Å². The van der Waals surface area contributed by atoms with Gasteiger partial charge in [0, 0.05) is 17.6 Å². The standard InChI is InChI=1S/C13H19N3S/c1-9(2)12-8-15-13(17-12)16-10(3)11-5-4-6-14-7-11/h4-7,9-10,12H,8H2,1-3H3,(H,15,16). The van der Waals surface area contributed by atoms with Gasteiger partial charge in [-0.1, -0.05) is 31.7 Å². The molecule has 4 heteroatoms. The number of aliphatic imine (C=N–C) groups is 1. The predicted molar refractivity (Wildman–Crippen MR) is 74.3 cm³/mol. The number of nitrogens with zero attached hydrogens (tertiary/aromatic N) is 2. The second kappa shape index (κ2) is 5.54. The molecule has 2 heterocycles. The first-order valence-electron chi connectivity index (χ1n) is 6.04. The van der Waals surface area contributed by atoms with Gasteiger partial charge in [-0.3, -0.25) is 9.98 Å². The van der Waals surface area contributed by atoms with E-state index in [1.165, 1.54) is 5.56 Å². The zero-order valence-corrected chi connectivity index (χ0v) is 11.4. The molecule has 1 aliphatic heterocycles. The molecule has 0 radical (unpaired) electrons. The SMILES string of the molecule is CC(NC1=NCC(C(C)C)S1)c1cccnc1. The van der Waals surface area contributed by atoms with E-state index in [-0.39, 0.29) is 6.04 Å². The lowest BCUT2D eigenvalue weighted by atomic mass is 10.1. The third-order valence-corrected chi connectivity index (χ3v) is 4.41. The summed E-state index contributed by atoms with van der Waals surface area (Å²) in [4.78, 5) is 8.69. The number of hydrogen-bond acceptors (Lipinski definition) is 4. The van der Waals surface area contributed by atoms with Gasteiger partial charge in [0.25, 0.3) is 0 Å². The molecule has 1 aromatic rings. The zero-order valence-electron chi connectivity index (χ0n) is 10.6. The first kappa shape index (κ1) is 12.4. The van der Waals surface area contributed by atoms with Crippen LogP contribution in [-0.4, -0.2) is 21.9 Å². The highest BCUT2D eigenvalue weighted by atomic mass is 32.2. The molecule has 0 spiro atoms. The van der Waals surface area contributed by atoms with Crippen LogP contribution in [0.3, 0.4) is 0 Å². The van der Waals surface area contributed by atoms with Crippen molar-refractivity contribution in [3.8, 4) is 0 Å². The maximum absolute atomic E-state index is 4.55. The van der Waals surface area contributed by atoms with Crippen molar-refractivity contribution in [2.75, 3.05) is 6.54 Å². The van der Waals surface area contributed by atoms with Crippen molar-refractivity contribution >= 4 is 16.9 Å². The molecule has 0 aliphatic carbocycles. The van der Waals surface area contributed by atoms with E-state index >= 15 is 0 Å². The highest BCUT2D eigenvalue weighted by Gasteiger charge is 2.23. The highest BCUT2D eigenvalue weighted by molar-refractivity contribution is 8.14. The van der Waals surface area contributed by atoms with Gasteiger partial charge < -0.3 is 5.32 Å². The van der Waals surface area contributed by atoms with Gasteiger partial charge in [-0.2, -0.15) is 0 Å². The molecule has 3 nitrogen and oxygen atoms in total. The van der Waals surface area contributed by atoms with E-state index < -0.39 is 0 Å². The van der Waals surface area contributed by atoms with Crippen LogP contribution >= 0.6 is 11.8 Å². The summed E-state index contributed by atoms with van der Waals surface area (Å²) in [6, 6.07) is 4.32. The van der Waals surface area contributed by atoms with Crippen molar-refractivity contribution in [1.82, 2.24) is 10.3 Å². The molecule has 0 saturated carbocycles. The first-order chi connectivity index (χ1) is 8.16. The van der Waals surface area contributed by atoms with E-state index in [2.05, 4.69) is 42.1 Å². The maximum Gasteiger partial charge on any atom is 0.157 e. The summed E-state index contributed by atoms with van der Waals surface area (Å²) in [5.74, 6) is 0.678. The molecule has 2 atom stereocenters.